The van der Waals surface area contributed by atoms with Gasteiger partial charge in [0.1, 0.15) is 0 Å². The second-order valence-electron chi connectivity index (χ2n) is 7.25. The highest BCUT2D eigenvalue weighted by atomic mass is 32.1. The van der Waals surface area contributed by atoms with Gasteiger partial charge in [0.25, 0.3) is 5.91 Å². The highest BCUT2D eigenvalue weighted by Gasteiger charge is 2.32. The summed E-state index contributed by atoms with van der Waals surface area (Å²) in [6, 6.07) is 16.7. The maximum Gasteiger partial charge on any atom is 0.509 e. The van der Waals surface area contributed by atoms with Gasteiger partial charge in [0.2, 0.25) is 0 Å². The molecule has 0 radical (unpaired) electrons. The third kappa shape index (κ3) is 5.30. The zero-order chi connectivity index (χ0) is 21.0. The van der Waals surface area contributed by atoms with Gasteiger partial charge in [-0.05, 0) is 51.4 Å². The van der Waals surface area contributed by atoms with Crippen molar-refractivity contribution in [3.63, 3.8) is 0 Å². The lowest BCUT2D eigenvalue weighted by molar-refractivity contribution is 0.102. The van der Waals surface area contributed by atoms with Crippen LogP contribution in [0, 0.1) is 5.92 Å². The topological polar surface area (TPSA) is 92.4 Å². The lowest BCUT2D eigenvalue weighted by atomic mass is 10.00. The molecule has 2 atom stereocenters. The summed E-state index contributed by atoms with van der Waals surface area (Å²) < 4.78 is 11.6. The molecular formula is C22H24N2O3PS+. The van der Waals surface area contributed by atoms with E-state index in [1.807, 2.05) is 49.6 Å². The molecule has 0 aliphatic heterocycles. The third-order valence-corrected chi connectivity index (χ3v) is 7.06. The monoisotopic (exact) mass is 427 g/mol. The molecule has 0 saturated carbocycles. The second-order valence-corrected chi connectivity index (χ2v) is 9.47. The van der Waals surface area contributed by atoms with Crippen LogP contribution in [0.2, 0.25) is 0 Å². The number of carbonyl (C=O) groups excluding carboxylic acids is 1. The van der Waals surface area contributed by atoms with Crippen molar-refractivity contribution in [3.05, 3.63) is 71.1 Å². The minimum atomic E-state index is -2.28. The van der Waals surface area contributed by atoms with Crippen LogP contribution in [0.15, 0.2) is 60.0 Å². The number of thiophene rings is 1. The van der Waals surface area contributed by atoms with Crippen molar-refractivity contribution in [1.29, 1.82) is 0 Å². The second kappa shape index (κ2) is 9.31. The number of anilines is 2. The molecule has 0 saturated heterocycles. The molecule has 29 heavy (non-hydrogen) atoms. The van der Waals surface area contributed by atoms with E-state index in [1.54, 1.807) is 35.6 Å². The van der Waals surface area contributed by atoms with E-state index < -0.39 is 8.03 Å². The van der Waals surface area contributed by atoms with Crippen molar-refractivity contribution in [2.45, 2.75) is 25.9 Å². The molecule has 3 aromatic rings. The summed E-state index contributed by atoms with van der Waals surface area (Å²) in [6.45, 7) is 3.85. The molecule has 1 amide bonds. The van der Waals surface area contributed by atoms with Crippen LogP contribution in [-0.2, 0) is 11.0 Å². The highest BCUT2D eigenvalue weighted by Crippen LogP contribution is 2.32. The molecule has 3 rings (SSSR count). The summed E-state index contributed by atoms with van der Waals surface area (Å²) in [7, 11) is -2.28. The number of carbonyl (C=O) groups is 1. The third-order valence-electron chi connectivity index (χ3n) is 4.79. The van der Waals surface area contributed by atoms with Crippen molar-refractivity contribution >= 4 is 36.6 Å². The fourth-order valence-electron chi connectivity index (χ4n) is 3.10. The maximum absolute atomic E-state index is 12.8. The Morgan fingerprint density at radius 3 is 2.62 bits per heavy atom. The molecule has 0 aliphatic carbocycles. The van der Waals surface area contributed by atoms with E-state index >= 15 is 0 Å². The van der Waals surface area contributed by atoms with Crippen LogP contribution >= 0.6 is 19.4 Å². The van der Waals surface area contributed by atoms with Gasteiger partial charge in [0.15, 0.2) is 5.66 Å². The summed E-state index contributed by atoms with van der Waals surface area (Å²) in [6.07, 6.45) is 0.445. The SMILES string of the molecule is CC(C)C(Cc1cccc(C(=O)Nc2cc(-c3cccs3)ccc2N)c1)[P+](=O)O. The first-order chi connectivity index (χ1) is 13.8. The minimum absolute atomic E-state index is 0.0703. The van der Waals surface area contributed by atoms with Crippen LogP contribution in [0.5, 0.6) is 0 Å². The van der Waals surface area contributed by atoms with E-state index in [4.69, 9.17) is 5.73 Å². The number of amides is 1. The first-order valence-electron chi connectivity index (χ1n) is 9.34. The van der Waals surface area contributed by atoms with Crippen molar-refractivity contribution in [2.75, 3.05) is 11.1 Å². The Bertz CT molecular complexity index is 1020. The van der Waals surface area contributed by atoms with Crippen molar-refractivity contribution in [3.8, 4) is 10.4 Å². The molecule has 2 unspecified atom stereocenters. The van der Waals surface area contributed by atoms with Crippen LogP contribution in [0.1, 0.15) is 29.8 Å². The highest BCUT2D eigenvalue weighted by molar-refractivity contribution is 7.38. The predicted molar refractivity (Wildman–Crippen MR) is 121 cm³/mol. The van der Waals surface area contributed by atoms with E-state index in [1.165, 1.54) is 0 Å². The number of hydrogen-bond donors (Lipinski definition) is 3. The summed E-state index contributed by atoms with van der Waals surface area (Å²) in [5, 5.41) is 4.89. The van der Waals surface area contributed by atoms with Gasteiger partial charge in [-0.2, -0.15) is 4.89 Å². The molecule has 2 aromatic carbocycles. The van der Waals surface area contributed by atoms with Crippen molar-refractivity contribution in [2.24, 2.45) is 5.92 Å². The molecule has 0 aliphatic rings. The number of nitrogen functional groups attached to an aromatic ring is 1. The lowest BCUT2D eigenvalue weighted by Gasteiger charge is -2.12. The number of nitrogens with one attached hydrogen (secondary N) is 1. The molecule has 1 heterocycles. The Morgan fingerprint density at radius 1 is 1.17 bits per heavy atom. The summed E-state index contributed by atoms with van der Waals surface area (Å²) in [4.78, 5) is 23.5. The summed E-state index contributed by atoms with van der Waals surface area (Å²) in [5.74, 6) is -0.197. The van der Waals surface area contributed by atoms with Gasteiger partial charge < -0.3 is 11.1 Å². The Labute approximate surface area is 175 Å². The van der Waals surface area contributed by atoms with Crippen LogP contribution in [0.25, 0.3) is 10.4 Å². The van der Waals surface area contributed by atoms with Crippen LogP contribution in [0.4, 0.5) is 11.4 Å². The molecule has 1 aromatic heterocycles. The standard InChI is InChI=1S/C22H23N2O3PS/c1-14(2)20(28(26)27)12-15-5-3-6-17(11-15)22(25)24-19-13-16(8-9-18(19)23)21-7-4-10-29-21/h3-11,13-14,20H,12,23H2,1-2H3,(H-,24,25,26,27)/p+1. The van der Waals surface area contributed by atoms with Crippen LogP contribution < -0.4 is 11.1 Å². The van der Waals surface area contributed by atoms with Gasteiger partial charge in [-0.25, -0.2) is 0 Å². The Morgan fingerprint density at radius 2 is 1.97 bits per heavy atom. The van der Waals surface area contributed by atoms with Crippen LogP contribution in [0.3, 0.4) is 0 Å². The van der Waals surface area contributed by atoms with E-state index in [0.717, 1.165) is 16.0 Å². The number of benzene rings is 2. The van der Waals surface area contributed by atoms with E-state index in [9.17, 15) is 14.3 Å². The Balaban J connectivity index is 1.80. The van der Waals surface area contributed by atoms with Gasteiger partial charge in [-0.1, -0.05) is 38.1 Å². The fourth-order valence-corrected chi connectivity index (χ4v) is 4.71. The predicted octanol–water partition coefficient (Wildman–Crippen LogP) is 5.55. The Kier molecular flexibility index (Phi) is 6.80. The van der Waals surface area contributed by atoms with Gasteiger partial charge in [0, 0.05) is 22.8 Å². The first kappa shape index (κ1) is 21.2. The van der Waals surface area contributed by atoms with Crippen molar-refractivity contribution < 1.29 is 14.3 Å². The maximum atomic E-state index is 12.8. The molecule has 7 heteroatoms. The van der Waals surface area contributed by atoms with Gasteiger partial charge >= 0.3 is 8.03 Å². The van der Waals surface area contributed by atoms with E-state index in [2.05, 4.69) is 5.32 Å². The Hall–Kier alpha value is -2.53. The molecule has 0 fully saturated rings. The van der Waals surface area contributed by atoms with Gasteiger partial charge in [-0.3, -0.25) is 4.79 Å². The van der Waals surface area contributed by atoms with E-state index in [0.29, 0.717) is 23.4 Å². The van der Waals surface area contributed by atoms with Gasteiger partial charge in [0.05, 0.1) is 11.4 Å². The molecule has 0 bridgehead atoms. The zero-order valence-corrected chi connectivity index (χ0v) is 18.0. The van der Waals surface area contributed by atoms with Crippen LogP contribution in [-0.4, -0.2) is 16.5 Å². The molecule has 150 valence electrons. The first-order valence-corrected chi connectivity index (χ1v) is 11.5. The number of rotatable bonds is 7. The van der Waals surface area contributed by atoms with Gasteiger partial charge in [-0.15, -0.1) is 11.3 Å². The molecule has 5 nitrogen and oxygen atoms in total. The van der Waals surface area contributed by atoms with Crippen molar-refractivity contribution in [1.82, 2.24) is 0 Å². The average Bonchev–Trinajstić information content (AvgIpc) is 3.22. The summed E-state index contributed by atoms with van der Waals surface area (Å²) in [5.41, 5.74) is 9.10. The normalized spacial score (nSPS) is 12.6. The molecular weight excluding hydrogens is 403 g/mol. The molecule has 0 spiro atoms. The molecule has 4 N–H and O–H groups in total. The quantitative estimate of drug-likeness (QED) is 0.340. The lowest BCUT2D eigenvalue weighted by Crippen LogP contribution is -2.16. The zero-order valence-electron chi connectivity index (χ0n) is 16.3. The minimum Gasteiger partial charge on any atom is -0.397 e. The number of nitrogens with two attached hydrogens (primary N) is 1. The fraction of sp³-hybridized carbons (Fsp3) is 0.227. The largest absolute Gasteiger partial charge is 0.509 e. The smallest absolute Gasteiger partial charge is 0.397 e. The van der Waals surface area contributed by atoms with E-state index in [-0.39, 0.29) is 17.5 Å². The summed E-state index contributed by atoms with van der Waals surface area (Å²) >= 11 is 1.62. The number of hydrogen-bond acceptors (Lipinski definition) is 4. The average molecular weight is 427 g/mol.